The summed E-state index contributed by atoms with van der Waals surface area (Å²) in [6, 6.07) is 8.18. The number of hydrogen-bond acceptors (Lipinski definition) is 3. The van der Waals surface area contributed by atoms with E-state index in [1.54, 1.807) is 7.11 Å². The fraction of sp³-hybridized carbons (Fsp3) is 0.357. The number of fused-ring (bicyclic) bond motifs is 1. The average molecular weight is 230 g/mol. The topological polar surface area (TPSA) is 48.1 Å². The number of methoxy groups -OCH3 is 1. The van der Waals surface area contributed by atoms with Crippen molar-refractivity contribution < 1.29 is 4.74 Å². The molecule has 0 aliphatic carbocycles. The first-order chi connectivity index (χ1) is 8.26. The highest BCUT2D eigenvalue weighted by Gasteiger charge is 2.07. The van der Waals surface area contributed by atoms with E-state index < -0.39 is 0 Å². The van der Waals surface area contributed by atoms with Gasteiger partial charge < -0.3 is 10.5 Å². The average Bonchev–Trinajstić information content (AvgIpc) is 2.35. The molecule has 0 saturated heterocycles. The summed E-state index contributed by atoms with van der Waals surface area (Å²) in [6.45, 7) is 2.73. The molecule has 1 aromatic heterocycles. The molecule has 17 heavy (non-hydrogen) atoms. The predicted molar refractivity (Wildman–Crippen MR) is 70.4 cm³/mol. The molecule has 0 aliphatic heterocycles. The number of hydrogen-bond donors (Lipinski definition) is 1. The van der Waals surface area contributed by atoms with E-state index in [2.05, 4.69) is 17.1 Å². The standard InChI is InChI=1S/C14H18N2O/c1-10-9-11(5-4-8-15)12-6-3-7-13(17-2)14(12)16-10/h3,6-7,9H,4-5,8,15H2,1-2H3. The summed E-state index contributed by atoms with van der Waals surface area (Å²) < 4.78 is 5.35. The Morgan fingerprint density at radius 1 is 1.35 bits per heavy atom. The number of pyridine rings is 1. The summed E-state index contributed by atoms with van der Waals surface area (Å²) in [4.78, 5) is 4.56. The van der Waals surface area contributed by atoms with Crippen molar-refractivity contribution in [2.75, 3.05) is 13.7 Å². The summed E-state index contributed by atoms with van der Waals surface area (Å²) >= 11 is 0. The van der Waals surface area contributed by atoms with Crippen molar-refractivity contribution in [3.05, 3.63) is 35.5 Å². The molecular formula is C14H18N2O. The van der Waals surface area contributed by atoms with Crippen LogP contribution in [0.25, 0.3) is 10.9 Å². The van der Waals surface area contributed by atoms with Gasteiger partial charge in [0.15, 0.2) is 0 Å². The second kappa shape index (κ2) is 5.15. The molecule has 0 aliphatic rings. The van der Waals surface area contributed by atoms with E-state index in [0.29, 0.717) is 6.54 Å². The molecule has 1 heterocycles. The van der Waals surface area contributed by atoms with Crippen molar-refractivity contribution in [3.63, 3.8) is 0 Å². The van der Waals surface area contributed by atoms with Crippen LogP contribution in [-0.4, -0.2) is 18.6 Å². The van der Waals surface area contributed by atoms with Crippen molar-refractivity contribution in [3.8, 4) is 5.75 Å². The minimum atomic E-state index is 0.715. The highest BCUT2D eigenvalue weighted by Crippen LogP contribution is 2.27. The summed E-state index contributed by atoms with van der Waals surface area (Å²) in [6.07, 6.45) is 1.99. The zero-order chi connectivity index (χ0) is 12.3. The minimum absolute atomic E-state index is 0.715. The number of nitrogens with two attached hydrogens (primary N) is 1. The molecule has 2 N–H and O–H groups in total. The SMILES string of the molecule is COc1cccc2c(CCCN)cc(C)nc12. The largest absolute Gasteiger partial charge is 0.494 e. The van der Waals surface area contributed by atoms with Crippen LogP contribution in [-0.2, 0) is 6.42 Å². The third-order valence-electron chi connectivity index (χ3n) is 2.89. The van der Waals surface area contributed by atoms with Gasteiger partial charge in [-0.25, -0.2) is 4.98 Å². The van der Waals surface area contributed by atoms with Crippen LogP contribution in [0.4, 0.5) is 0 Å². The Morgan fingerprint density at radius 2 is 2.18 bits per heavy atom. The molecule has 0 spiro atoms. The molecule has 0 radical (unpaired) electrons. The molecule has 0 atom stereocenters. The zero-order valence-electron chi connectivity index (χ0n) is 10.4. The third-order valence-corrected chi connectivity index (χ3v) is 2.89. The van der Waals surface area contributed by atoms with Gasteiger partial charge in [-0.15, -0.1) is 0 Å². The van der Waals surface area contributed by atoms with Crippen molar-refractivity contribution >= 4 is 10.9 Å². The van der Waals surface area contributed by atoms with Gasteiger partial charge in [-0.05, 0) is 44.0 Å². The molecule has 0 bridgehead atoms. The summed E-state index contributed by atoms with van der Waals surface area (Å²) in [5.41, 5.74) is 8.85. The number of ether oxygens (including phenoxy) is 1. The number of rotatable bonds is 4. The highest BCUT2D eigenvalue weighted by atomic mass is 16.5. The van der Waals surface area contributed by atoms with Crippen LogP contribution in [0.5, 0.6) is 5.75 Å². The molecule has 0 amide bonds. The van der Waals surface area contributed by atoms with E-state index in [9.17, 15) is 0 Å². The Labute approximate surface area is 102 Å². The number of benzene rings is 1. The van der Waals surface area contributed by atoms with E-state index >= 15 is 0 Å². The van der Waals surface area contributed by atoms with Gasteiger partial charge in [-0.1, -0.05) is 12.1 Å². The Kier molecular flexibility index (Phi) is 3.59. The molecule has 0 fully saturated rings. The van der Waals surface area contributed by atoms with Crippen LogP contribution in [0.15, 0.2) is 24.3 Å². The van der Waals surface area contributed by atoms with Crippen molar-refractivity contribution in [2.24, 2.45) is 5.73 Å². The number of para-hydroxylation sites is 1. The van der Waals surface area contributed by atoms with Gasteiger partial charge in [0, 0.05) is 11.1 Å². The van der Waals surface area contributed by atoms with Gasteiger partial charge in [0.05, 0.1) is 7.11 Å². The lowest BCUT2D eigenvalue weighted by molar-refractivity contribution is 0.419. The first-order valence-corrected chi connectivity index (χ1v) is 5.89. The minimum Gasteiger partial charge on any atom is -0.494 e. The molecule has 90 valence electrons. The Balaban J connectivity index is 2.59. The Bertz CT molecular complexity index is 523. The van der Waals surface area contributed by atoms with Crippen LogP contribution in [0, 0.1) is 6.92 Å². The van der Waals surface area contributed by atoms with Gasteiger partial charge in [0.1, 0.15) is 11.3 Å². The first-order valence-electron chi connectivity index (χ1n) is 5.89. The first kappa shape index (κ1) is 11.9. The van der Waals surface area contributed by atoms with E-state index in [1.807, 2.05) is 19.1 Å². The fourth-order valence-corrected chi connectivity index (χ4v) is 2.10. The second-order valence-corrected chi connectivity index (χ2v) is 4.17. The molecule has 2 aromatic rings. The third kappa shape index (κ3) is 2.39. The molecule has 0 saturated carbocycles. The van der Waals surface area contributed by atoms with Crippen LogP contribution >= 0.6 is 0 Å². The van der Waals surface area contributed by atoms with E-state index in [-0.39, 0.29) is 0 Å². The monoisotopic (exact) mass is 230 g/mol. The van der Waals surface area contributed by atoms with Gasteiger partial charge in [0.25, 0.3) is 0 Å². The lowest BCUT2D eigenvalue weighted by atomic mass is 10.0. The predicted octanol–water partition coefficient (Wildman–Crippen LogP) is 2.44. The van der Waals surface area contributed by atoms with Gasteiger partial charge in [0.2, 0.25) is 0 Å². The summed E-state index contributed by atoms with van der Waals surface area (Å²) in [7, 11) is 1.68. The fourth-order valence-electron chi connectivity index (χ4n) is 2.10. The molecule has 3 nitrogen and oxygen atoms in total. The molecular weight excluding hydrogens is 212 g/mol. The van der Waals surface area contributed by atoms with Crippen molar-refractivity contribution in [1.82, 2.24) is 4.98 Å². The quantitative estimate of drug-likeness (QED) is 0.877. The number of nitrogens with zero attached hydrogens (tertiary/aromatic N) is 1. The van der Waals surface area contributed by atoms with Crippen LogP contribution in [0.2, 0.25) is 0 Å². The molecule has 2 rings (SSSR count). The summed E-state index contributed by atoms with van der Waals surface area (Å²) in [5, 5.41) is 1.17. The van der Waals surface area contributed by atoms with Crippen LogP contribution < -0.4 is 10.5 Å². The Hall–Kier alpha value is -1.61. The maximum absolute atomic E-state index is 5.57. The molecule has 3 heteroatoms. The second-order valence-electron chi connectivity index (χ2n) is 4.17. The van der Waals surface area contributed by atoms with Crippen LogP contribution in [0.1, 0.15) is 17.7 Å². The Morgan fingerprint density at radius 3 is 2.88 bits per heavy atom. The zero-order valence-corrected chi connectivity index (χ0v) is 10.4. The van der Waals surface area contributed by atoms with E-state index in [1.165, 1.54) is 10.9 Å². The van der Waals surface area contributed by atoms with Crippen molar-refractivity contribution in [1.29, 1.82) is 0 Å². The number of aromatic nitrogens is 1. The smallest absolute Gasteiger partial charge is 0.145 e. The van der Waals surface area contributed by atoms with Crippen molar-refractivity contribution in [2.45, 2.75) is 19.8 Å². The van der Waals surface area contributed by atoms with Gasteiger partial charge >= 0.3 is 0 Å². The van der Waals surface area contributed by atoms with E-state index in [4.69, 9.17) is 10.5 Å². The highest BCUT2D eigenvalue weighted by molar-refractivity contribution is 5.87. The van der Waals surface area contributed by atoms with Gasteiger partial charge in [-0.3, -0.25) is 0 Å². The lowest BCUT2D eigenvalue weighted by Crippen LogP contribution is -2.02. The maximum Gasteiger partial charge on any atom is 0.145 e. The normalized spacial score (nSPS) is 10.8. The molecule has 0 unspecified atom stereocenters. The lowest BCUT2D eigenvalue weighted by Gasteiger charge is -2.10. The number of aryl methyl sites for hydroxylation is 2. The summed E-state index contributed by atoms with van der Waals surface area (Å²) in [5.74, 6) is 0.834. The van der Waals surface area contributed by atoms with E-state index in [0.717, 1.165) is 29.8 Å². The molecule has 1 aromatic carbocycles. The van der Waals surface area contributed by atoms with Gasteiger partial charge in [-0.2, -0.15) is 0 Å². The maximum atomic E-state index is 5.57. The van der Waals surface area contributed by atoms with Crippen LogP contribution in [0.3, 0.4) is 0 Å².